The first-order valence-electron chi connectivity index (χ1n) is 6.14. The van der Waals surface area contributed by atoms with E-state index in [9.17, 15) is 0 Å². The van der Waals surface area contributed by atoms with Crippen molar-refractivity contribution in [3.63, 3.8) is 0 Å². The molecule has 2 atom stereocenters. The summed E-state index contributed by atoms with van der Waals surface area (Å²) in [6.07, 6.45) is 4.88. The molecule has 2 rings (SSSR count). The van der Waals surface area contributed by atoms with Gasteiger partial charge in [-0.3, -0.25) is 0 Å². The van der Waals surface area contributed by atoms with Crippen molar-refractivity contribution in [1.29, 1.82) is 0 Å². The van der Waals surface area contributed by atoms with E-state index in [1.807, 2.05) is 6.07 Å². The first-order valence-corrected chi connectivity index (χ1v) is 6.90. The van der Waals surface area contributed by atoms with Gasteiger partial charge in [-0.15, -0.1) is 0 Å². The predicted octanol–water partition coefficient (Wildman–Crippen LogP) is 3.86. The fourth-order valence-electron chi connectivity index (χ4n) is 2.22. The van der Waals surface area contributed by atoms with E-state index in [4.69, 9.17) is 32.7 Å². The first-order chi connectivity index (χ1) is 8.69. The molecule has 0 radical (unpaired) electrons. The normalized spacial score (nSPS) is 24.2. The number of aromatic nitrogens is 1. The molecule has 1 heterocycles. The summed E-state index contributed by atoms with van der Waals surface area (Å²) in [6, 6.07) is 3.58. The molecule has 0 amide bonds. The number of pyridine rings is 1. The van der Waals surface area contributed by atoms with Crippen LogP contribution in [0, 0.1) is 0 Å². The van der Waals surface area contributed by atoms with Crippen molar-refractivity contribution in [2.45, 2.75) is 44.5 Å². The van der Waals surface area contributed by atoms with Gasteiger partial charge in [-0.05, 0) is 31.7 Å². The number of rotatable bonds is 4. The third-order valence-electron chi connectivity index (χ3n) is 3.28. The van der Waals surface area contributed by atoms with E-state index in [1.165, 1.54) is 0 Å². The SMILES string of the molecule is COC1CCCC(OCc2ccc(Cl)nc2Cl)C1. The second-order valence-corrected chi connectivity index (χ2v) is 5.29. The lowest BCUT2D eigenvalue weighted by atomic mass is 9.95. The molecule has 1 saturated carbocycles. The minimum Gasteiger partial charge on any atom is -0.381 e. The van der Waals surface area contributed by atoms with Crippen molar-refractivity contribution in [1.82, 2.24) is 4.98 Å². The van der Waals surface area contributed by atoms with Crippen LogP contribution >= 0.6 is 23.2 Å². The van der Waals surface area contributed by atoms with Crippen LogP contribution < -0.4 is 0 Å². The van der Waals surface area contributed by atoms with Gasteiger partial charge in [-0.25, -0.2) is 4.98 Å². The molecule has 0 N–H and O–H groups in total. The highest BCUT2D eigenvalue weighted by molar-refractivity contribution is 6.32. The summed E-state index contributed by atoms with van der Waals surface area (Å²) in [5, 5.41) is 0.822. The maximum Gasteiger partial charge on any atom is 0.136 e. The molecular weight excluding hydrogens is 273 g/mol. The molecule has 0 saturated heterocycles. The fraction of sp³-hybridized carbons (Fsp3) is 0.615. The Balaban J connectivity index is 1.87. The van der Waals surface area contributed by atoms with Crippen molar-refractivity contribution >= 4 is 23.2 Å². The average Bonchev–Trinajstić information content (AvgIpc) is 2.38. The monoisotopic (exact) mass is 289 g/mol. The van der Waals surface area contributed by atoms with Crippen LogP contribution in [0.5, 0.6) is 0 Å². The van der Waals surface area contributed by atoms with Gasteiger partial charge in [0.1, 0.15) is 10.3 Å². The lowest BCUT2D eigenvalue weighted by molar-refractivity contribution is -0.0363. The Morgan fingerprint density at radius 3 is 2.78 bits per heavy atom. The Morgan fingerprint density at radius 1 is 1.28 bits per heavy atom. The second-order valence-electron chi connectivity index (χ2n) is 4.54. The van der Waals surface area contributed by atoms with Crippen molar-refractivity contribution in [3.05, 3.63) is 28.0 Å². The smallest absolute Gasteiger partial charge is 0.136 e. The van der Waals surface area contributed by atoms with Gasteiger partial charge < -0.3 is 9.47 Å². The van der Waals surface area contributed by atoms with Crippen LogP contribution in [0.4, 0.5) is 0 Å². The minimum atomic E-state index is 0.246. The Labute approximate surface area is 117 Å². The zero-order valence-corrected chi connectivity index (χ0v) is 11.9. The molecule has 0 aromatic carbocycles. The highest BCUT2D eigenvalue weighted by Gasteiger charge is 2.22. The van der Waals surface area contributed by atoms with Crippen LogP contribution in [0.2, 0.25) is 10.3 Å². The molecule has 1 aromatic heterocycles. The molecule has 1 aromatic rings. The van der Waals surface area contributed by atoms with E-state index < -0.39 is 0 Å². The maximum atomic E-state index is 6.00. The number of ether oxygens (including phenoxy) is 2. The quantitative estimate of drug-likeness (QED) is 0.789. The Bertz CT molecular complexity index is 401. The standard InChI is InChI=1S/C13H17Cl2NO2/c1-17-10-3-2-4-11(7-10)18-8-9-5-6-12(14)16-13(9)15/h5-6,10-11H,2-4,7-8H2,1H3. The van der Waals surface area contributed by atoms with Crippen molar-refractivity contribution in [2.24, 2.45) is 0 Å². The summed E-state index contributed by atoms with van der Waals surface area (Å²) in [4.78, 5) is 3.99. The summed E-state index contributed by atoms with van der Waals surface area (Å²) in [5.41, 5.74) is 0.876. The molecule has 100 valence electrons. The number of hydrogen-bond acceptors (Lipinski definition) is 3. The van der Waals surface area contributed by atoms with Crippen LogP contribution in [0.25, 0.3) is 0 Å². The Hall–Kier alpha value is -0.350. The average molecular weight is 290 g/mol. The molecule has 18 heavy (non-hydrogen) atoms. The third kappa shape index (κ3) is 3.82. The highest BCUT2D eigenvalue weighted by Crippen LogP contribution is 2.25. The van der Waals surface area contributed by atoms with E-state index in [1.54, 1.807) is 13.2 Å². The fourth-order valence-corrected chi connectivity index (χ4v) is 2.62. The van der Waals surface area contributed by atoms with E-state index in [-0.39, 0.29) is 6.10 Å². The first kappa shape index (κ1) is 14.1. The van der Waals surface area contributed by atoms with Crippen LogP contribution in [-0.2, 0) is 16.1 Å². The molecule has 1 aliphatic carbocycles. The van der Waals surface area contributed by atoms with Crippen molar-refractivity contribution in [3.8, 4) is 0 Å². The molecule has 1 fully saturated rings. The van der Waals surface area contributed by atoms with Gasteiger partial charge in [0.05, 0.1) is 18.8 Å². The highest BCUT2D eigenvalue weighted by atomic mass is 35.5. The molecule has 0 aliphatic heterocycles. The molecule has 2 unspecified atom stereocenters. The molecule has 0 bridgehead atoms. The third-order valence-corrected chi connectivity index (χ3v) is 3.82. The molecule has 5 heteroatoms. The molecule has 3 nitrogen and oxygen atoms in total. The number of hydrogen-bond donors (Lipinski definition) is 0. The summed E-state index contributed by atoms with van der Waals surface area (Å²) in [7, 11) is 1.76. The number of methoxy groups -OCH3 is 1. The van der Waals surface area contributed by atoms with Gasteiger partial charge in [0.2, 0.25) is 0 Å². The van der Waals surface area contributed by atoms with Gasteiger partial charge in [0.15, 0.2) is 0 Å². The molecule has 0 spiro atoms. The lowest BCUT2D eigenvalue weighted by Gasteiger charge is -2.28. The Kier molecular flexibility index (Phi) is 5.25. The van der Waals surface area contributed by atoms with Gasteiger partial charge >= 0.3 is 0 Å². The Morgan fingerprint density at radius 2 is 2.06 bits per heavy atom. The minimum absolute atomic E-state index is 0.246. The second kappa shape index (κ2) is 6.71. The zero-order valence-electron chi connectivity index (χ0n) is 10.4. The predicted molar refractivity (Wildman–Crippen MR) is 72.1 cm³/mol. The van der Waals surface area contributed by atoms with E-state index in [2.05, 4.69) is 4.98 Å². The van der Waals surface area contributed by atoms with Gasteiger partial charge in [-0.2, -0.15) is 0 Å². The van der Waals surface area contributed by atoms with Crippen LogP contribution in [0.15, 0.2) is 12.1 Å². The number of nitrogens with zero attached hydrogens (tertiary/aromatic N) is 1. The van der Waals surface area contributed by atoms with Crippen LogP contribution in [0.1, 0.15) is 31.2 Å². The number of halogens is 2. The van der Waals surface area contributed by atoms with E-state index in [0.29, 0.717) is 23.0 Å². The van der Waals surface area contributed by atoms with Crippen molar-refractivity contribution < 1.29 is 9.47 Å². The van der Waals surface area contributed by atoms with E-state index in [0.717, 1.165) is 31.2 Å². The van der Waals surface area contributed by atoms with Crippen LogP contribution in [0.3, 0.4) is 0 Å². The van der Waals surface area contributed by atoms with Crippen molar-refractivity contribution in [2.75, 3.05) is 7.11 Å². The topological polar surface area (TPSA) is 31.4 Å². The maximum absolute atomic E-state index is 6.00. The van der Waals surface area contributed by atoms with Gasteiger partial charge in [-0.1, -0.05) is 29.3 Å². The largest absolute Gasteiger partial charge is 0.381 e. The van der Waals surface area contributed by atoms with Gasteiger partial charge in [0, 0.05) is 12.7 Å². The lowest BCUT2D eigenvalue weighted by Crippen LogP contribution is -2.27. The van der Waals surface area contributed by atoms with Gasteiger partial charge in [0.25, 0.3) is 0 Å². The summed E-state index contributed by atoms with van der Waals surface area (Å²) >= 11 is 11.8. The van der Waals surface area contributed by atoms with E-state index >= 15 is 0 Å². The summed E-state index contributed by atoms with van der Waals surface area (Å²) < 4.78 is 11.3. The zero-order chi connectivity index (χ0) is 13.0. The summed E-state index contributed by atoms with van der Waals surface area (Å²) in [5.74, 6) is 0. The molecular formula is C13H17Cl2NO2. The molecule has 1 aliphatic rings. The van der Waals surface area contributed by atoms with Crippen LogP contribution in [-0.4, -0.2) is 24.3 Å². The summed E-state index contributed by atoms with van der Waals surface area (Å²) in [6.45, 7) is 0.476.